The highest BCUT2D eigenvalue weighted by molar-refractivity contribution is 5.96. The molecular formula is C24H17F6N5O. The van der Waals surface area contributed by atoms with Gasteiger partial charge in [0.05, 0.1) is 28.0 Å². The van der Waals surface area contributed by atoms with Crippen molar-refractivity contribution in [2.75, 3.05) is 19.4 Å². The van der Waals surface area contributed by atoms with Crippen molar-refractivity contribution >= 4 is 28.3 Å². The molecule has 0 unspecified atom stereocenters. The van der Waals surface area contributed by atoms with Crippen molar-refractivity contribution in [1.29, 1.82) is 0 Å². The van der Waals surface area contributed by atoms with Crippen LogP contribution in [0.25, 0.3) is 22.2 Å². The molecule has 4 rings (SSSR count). The molecule has 0 fully saturated rings. The minimum absolute atomic E-state index is 0.0838. The van der Waals surface area contributed by atoms with Crippen LogP contribution in [0, 0.1) is 0 Å². The molecule has 4 aromatic rings. The number of carbonyl (C=O) groups excluding carboxylic acids is 1. The van der Waals surface area contributed by atoms with Gasteiger partial charge >= 0.3 is 12.4 Å². The fourth-order valence-corrected chi connectivity index (χ4v) is 3.43. The van der Waals surface area contributed by atoms with Crippen LogP contribution in [0.2, 0.25) is 0 Å². The van der Waals surface area contributed by atoms with Crippen molar-refractivity contribution in [1.82, 2.24) is 19.9 Å². The van der Waals surface area contributed by atoms with E-state index in [1.165, 1.54) is 43.4 Å². The summed E-state index contributed by atoms with van der Waals surface area (Å²) in [5.41, 5.74) is -1.69. The lowest BCUT2D eigenvalue weighted by atomic mass is 10.0. The summed E-state index contributed by atoms with van der Waals surface area (Å²) in [6.45, 7) is 0. The number of nitrogens with zero attached hydrogens (tertiary/aromatic N) is 4. The van der Waals surface area contributed by atoms with Crippen LogP contribution >= 0.6 is 0 Å². The van der Waals surface area contributed by atoms with Gasteiger partial charge in [0.1, 0.15) is 11.5 Å². The summed E-state index contributed by atoms with van der Waals surface area (Å²) >= 11 is 0. The van der Waals surface area contributed by atoms with Crippen LogP contribution in [-0.2, 0) is 12.4 Å². The molecule has 0 aliphatic heterocycles. The van der Waals surface area contributed by atoms with Crippen LogP contribution in [0.1, 0.15) is 21.6 Å². The second-order valence-electron chi connectivity index (χ2n) is 7.94. The maximum absolute atomic E-state index is 13.7. The zero-order valence-corrected chi connectivity index (χ0v) is 18.7. The number of carbonyl (C=O) groups is 1. The van der Waals surface area contributed by atoms with Gasteiger partial charge < -0.3 is 10.2 Å². The number of aromatic nitrogens is 3. The first kappa shape index (κ1) is 24.9. The zero-order valence-electron chi connectivity index (χ0n) is 18.7. The maximum Gasteiger partial charge on any atom is 0.418 e. The van der Waals surface area contributed by atoms with Gasteiger partial charge in [0.15, 0.2) is 0 Å². The Morgan fingerprint density at radius 2 is 1.64 bits per heavy atom. The average Bonchev–Trinajstić information content (AvgIpc) is 2.82. The standard InChI is InChI=1S/C24H17F6N5O/c1-35(2)22(36)18-7-6-16(24(28,29)30)21(34-18)13-3-5-15-17(9-10-31-19(15)11-13)33-20-8-4-14(12-32-20)23(25,26)27/h3-12H,1-2H3,(H,31,32,33). The van der Waals surface area contributed by atoms with Gasteiger partial charge in [0.25, 0.3) is 5.91 Å². The quantitative estimate of drug-likeness (QED) is 0.336. The van der Waals surface area contributed by atoms with Gasteiger partial charge in [-0.25, -0.2) is 9.97 Å². The first-order valence-electron chi connectivity index (χ1n) is 10.3. The lowest BCUT2D eigenvalue weighted by Crippen LogP contribution is -2.23. The maximum atomic E-state index is 13.7. The third kappa shape index (κ3) is 5.07. The third-order valence-electron chi connectivity index (χ3n) is 5.20. The third-order valence-corrected chi connectivity index (χ3v) is 5.20. The Morgan fingerprint density at radius 3 is 2.25 bits per heavy atom. The molecular weight excluding hydrogens is 488 g/mol. The molecule has 0 saturated carbocycles. The summed E-state index contributed by atoms with van der Waals surface area (Å²) in [7, 11) is 2.92. The van der Waals surface area contributed by atoms with E-state index in [4.69, 9.17) is 0 Å². The number of hydrogen-bond acceptors (Lipinski definition) is 5. The lowest BCUT2D eigenvalue weighted by Gasteiger charge is -2.16. The van der Waals surface area contributed by atoms with Crippen molar-refractivity contribution in [3.8, 4) is 11.3 Å². The van der Waals surface area contributed by atoms with Crippen LogP contribution in [0.4, 0.5) is 37.8 Å². The zero-order chi connectivity index (χ0) is 26.3. The largest absolute Gasteiger partial charge is 0.418 e. The van der Waals surface area contributed by atoms with E-state index in [-0.39, 0.29) is 17.1 Å². The van der Waals surface area contributed by atoms with Crippen molar-refractivity contribution in [3.05, 3.63) is 77.7 Å². The molecule has 0 radical (unpaired) electrons. The summed E-state index contributed by atoms with van der Waals surface area (Å²) in [4.78, 5) is 25.5. The topological polar surface area (TPSA) is 71.0 Å². The second-order valence-corrected chi connectivity index (χ2v) is 7.94. The molecule has 3 aromatic heterocycles. The Morgan fingerprint density at radius 1 is 0.889 bits per heavy atom. The Kier molecular flexibility index (Phi) is 6.29. The number of pyridine rings is 3. The molecule has 0 saturated heterocycles. The highest BCUT2D eigenvalue weighted by atomic mass is 19.4. The highest BCUT2D eigenvalue weighted by Crippen LogP contribution is 2.38. The van der Waals surface area contributed by atoms with E-state index in [2.05, 4.69) is 20.3 Å². The van der Waals surface area contributed by atoms with E-state index in [0.29, 0.717) is 22.8 Å². The van der Waals surface area contributed by atoms with E-state index in [1.807, 2.05) is 0 Å². The normalized spacial score (nSPS) is 12.0. The number of halogens is 6. The predicted molar refractivity (Wildman–Crippen MR) is 121 cm³/mol. The van der Waals surface area contributed by atoms with Crippen LogP contribution in [0.15, 0.2) is 60.9 Å². The number of alkyl halides is 6. The van der Waals surface area contributed by atoms with Crippen LogP contribution < -0.4 is 5.32 Å². The number of anilines is 2. The van der Waals surface area contributed by atoms with E-state index < -0.39 is 35.1 Å². The molecule has 0 aliphatic rings. The molecule has 1 N–H and O–H groups in total. The van der Waals surface area contributed by atoms with Crippen LogP contribution in [0.5, 0.6) is 0 Å². The molecule has 0 spiro atoms. The van der Waals surface area contributed by atoms with Crippen LogP contribution in [-0.4, -0.2) is 39.9 Å². The fourth-order valence-electron chi connectivity index (χ4n) is 3.43. The Labute approximate surface area is 200 Å². The smallest absolute Gasteiger partial charge is 0.343 e. The molecule has 3 heterocycles. The van der Waals surface area contributed by atoms with Gasteiger partial charge in [-0.15, -0.1) is 0 Å². The van der Waals surface area contributed by atoms with Crippen molar-refractivity contribution in [2.24, 2.45) is 0 Å². The number of hydrogen-bond donors (Lipinski definition) is 1. The predicted octanol–water partition coefficient (Wildman–Crippen LogP) is 6.17. The van der Waals surface area contributed by atoms with Crippen molar-refractivity contribution in [2.45, 2.75) is 12.4 Å². The molecule has 6 nitrogen and oxygen atoms in total. The Bertz CT molecular complexity index is 1430. The van der Waals surface area contributed by atoms with Gasteiger partial charge in [-0.3, -0.25) is 9.78 Å². The Hall–Kier alpha value is -4.22. The second kappa shape index (κ2) is 9.10. The Balaban J connectivity index is 1.75. The molecule has 36 heavy (non-hydrogen) atoms. The highest BCUT2D eigenvalue weighted by Gasteiger charge is 2.35. The van der Waals surface area contributed by atoms with E-state index in [1.54, 1.807) is 6.07 Å². The van der Waals surface area contributed by atoms with E-state index >= 15 is 0 Å². The summed E-state index contributed by atoms with van der Waals surface area (Å²) < 4.78 is 79.5. The van der Waals surface area contributed by atoms with Gasteiger partial charge in [0, 0.05) is 37.4 Å². The molecule has 1 aromatic carbocycles. The average molecular weight is 505 g/mol. The molecule has 12 heteroatoms. The minimum atomic E-state index is -4.72. The van der Waals surface area contributed by atoms with E-state index in [0.717, 1.165) is 24.3 Å². The lowest BCUT2D eigenvalue weighted by molar-refractivity contribution is -0.138. The molecule has 186 valence electrons. The minimum Gasteiger partial charge on any atom is -0.343 e. The van der Waals surface area contributed by atoms with Gasteiger partial charge in [-0.05, 0) is 36.4 Å². The fraction of sp³-hybridized carbons (Fsp3) is 0.167. The van der Waals surface area contributed by atoms with Gasteiger partial charge in [-0.2, -0.15) is 26.3 Å². The van der Waals surface area contributed by atoms with Crippen molar-refractivity contribution < 1.29 is 31.1 Å². The van der Waals surface area contributed by atoms with Gasteiger partial charge in [0.2, 0.25) is 0 Å². The first-order valence-corrected chi connectivity index (χ1v) is 10.3. The SMILES string of the molecule is CN(C)C(=O)c1ccc(C(F)(F)F)c(-c2ccc3c(Nc4ccc(C(F)(F)F)cn4)ccnc3c2)n1. The number of benzene rings is 1. The molecule has 0 atom stereocenters. The van der Waals surface area contributed by atoms with Gasteiger partial charge in [-0.1, -0.05) is 12.1 Å². The number of nitrogens with one attached hydrogen (secondary N) is 1. The summed E-state index contributed by atoms with van der Waals surface area (Å²) in [6.07, 6.45) is -7.16. The first-order chi connectivity index (χ1) is 16.8. The molecule has 0 bridgehead atoms. The number of fused-ring (bicyclic) bond motifs is 1. The summed E-state index contributed by atoms with van der Waals surface area (Å²) in [5, 5.41) is 3.38. The summed E-state index contributed by atoms with van der Waals surface area (Å²) in [5.74, 6) is -0.421. The number of amides is 1. The van der Waals surface area contributed by atoms with E-state index in [9.17, 15) is 31.1 Å². The monoisotopic (exact) mass is 505 g/mol. The van der Waals surface area contributed by atoms with Crippen LogP contribution in [0.3, 0.4) is 0 Å². The summed E-state index contributed by atoms with van der Waals surface area (Å²) in [6, 6.07) is 9.72. The van der Waals surface area contributed by atoms with Crippen molar-refractivity contribution in [3.63, 3.8) is 0 Å². The molecule has 0 aliphatic carbocycles. The number of rotatable bonds is 4. The molecule has 1 amide bonds.